The summed E-state index contributed by atoms with van der Waals surface area (Å²) in [6.07, 6.45) is 5.28. The first-order chi connectivity index (χ1) is 11.3. The van der Waals surface area contributed by atoms with Gasteiger partial charge in [-0.1, -0.05) is 0 Å². The van der Waals surface area contributed by atoms with Crippen LogP contribution in [0, 0.1) is 5.92 Å². The number of hydrogen-bond acceptors (Lipinski definition) is 7. The van der Waals surface area contributed by atoms with E-state index in [0.29, 0.717) is 5.92 Å². The van der Waals surface area contributed by atoms with E-state index in [1.807, 2.05) is 23.5 Å². The van der Waals surface area contributed by atoms with Crippen LogP contribution in [0.15, 0.2) is 18.5 Å². The summed E-state index contributed by atoms with van der Waals surface area (Å²) in [6.45, 7) is 3.04. The van der Waals surface area contributed by atoms with E-state index in [9.17, 15) is 0 Å². The van der Waals surface area contributed by atoms with E-state index >= 15 is 0 Å². The summed E-state index contributed by atoms with van der Waals surface area (Å²) in [7, 11) is 0. The highest BCUT2D eigenvalue weighted by atomic mass is 32.1. The Morgan fingerprint density at radius 2 is 2.22 bits per heavy atom. The zero-order valence-electron chi connectivity index (χ0n) is 12.6. The Kier molecular flexibility index (Phi) is 2.97. The summed E-state index contributed by atoms with van der Waals surface area (Å²) in [5.41, 5.74) is 2.10. The standard InChI is InChI=1S/C15H17N7S/c1-2-11-12(3-1)23-15(18-11)16-6-10-7-21(8-10)14-5-4-13-19-17-9-22(13)20-14/h4-5,9-10H,1-3,6-8H2,(H,16,18). The van der Waals surface area contributed by atoms with E-state index in [-0.39, 0.29) is 0 Å². The van der Waals surface area contributed by atoms with Gasteiger partial charge in [-0.25, -0.2) is 4.98 Å². The Balaban J connectivity index is 1.18. The molecule has 1 saturated heterocycles. The van der Waals surface area contributed by atoms with E-state index in [4.69, 9.17) is 4.98 Å². The second kappa shape index (κ2) is 5.16. The number of fused-ring (bicyclic) bond motifs is 2. The van der Waals surface area contributed by atoms with Gasteiger partial charge in [-0.15, -0.1) is 26.6 Å². The monoisotopic (exact) mass is 327 g/mol. The quantitative estimate of drug-likeness (QED) is 0.785. The lowest BCUT2D eigenvalue weighted by Gasteiger charge is -2.40. The van der Waals surface area contributed by atoms with Crippen molar-refractivity contribution in [3.63, 3.8) is 0 Å². The number of nitrogens with zero attached hydrogens (tertiary/aromatic N) is 6. The third kappa shape index (κ3) is 2.33. The maximum absolute atomic E-state index is 4.69. The summed E-state index contributed by atoms with van der Waals surface area (Å²) >= 11 is 1.83. The van der Waals surface area contributed by atoms with Crippen LogP contribution in [0.1, 0.15) is 17.0 Å². The smallest absolute Gasteiger partial charge is 0.183 e. The predicted octanol–water partition coefficient (Wildman–Crippen LogP) is 1.62. The van der Waals surface area contributed by atoms with Gasteiger partial charge in [0.25, 0.3) is 0 Å². The molecular formula is C15H17N7S. The topological polar surface area (TPSA) is 71.2 Å². The number of nitrogens with one attached hydrogen (secondary N) is 1. The van der Waals surface area contributed by atoms with Crippen molar-refractivity contribution in [1.82, 2.24) is 24.8 Å². The van der Waals surface area contributed by atoms with E-state index in [1.54, 1.807) is 10.8 Å². The molecule has 1 aliphatic carbocycles. The summed E-state index contributed by atoms with van der Waals surface area (Å²) < 4.78 is 1.72. The SMILES string of the molecule is c1cc2nncn2nc1N1CC(CNc2nc3c(s2)CCC3)C1. The maximum Gasteiger partial charge on any atom is 0.183 e. The van der Waals surface area contributed by atoms with Crippen LogP contribution < -0.4 is 10.2 Å². The first kappa shape index (κ1) is 13.2. The van der Waals surface area contributed by atoms with Gasteiger partial charge in [-0.2, -0.15) is 4.52 Å². The van der Waals surface area contributed by atoms with Crippen molar-refractivity contribution >= 4 is 27.9 Å². The van der Waals surface area contributed by atoms with Gasteiger partial charge in [-0.3, -0.25) is 0 Å². The van der Waals surface area contributed by atoms with Gasteiger partial charge in [0.05, 0.1) is 5.69 Å². The minimum atomic E-state index is 0.646. The average molecular weight is 327 g/mol. The fourth-order valence-corrected chi connectivity index (χ4v) is 4.33. The van der Waals surface area contributed by atoms with Gasteiger partial charge >= 0.3 is 0 Å². The fourth-order valence-electron chi connectivity index (χ4n) is 3.27. The molecule has 0 bridgehead atoms. The normalized spacial score (nSPS) is 17.5. The largest absolute Gasteiger partial charge is 0.361 e. The molecule has 0 atom stereocenters. The molecule has 5 rings (SSSR count). The van der Waals surface area contributed by atoms with Crippen molar-refractivity contribution in [2.24, 2.45) is 5.92 Å². The Morgan fingerprint density at radius 1 is 1.26 bits per heavy atom. The van der Waals surface area contributed by atoms with Crippen molar-refractivity contribution in [3.05, 3.63) is 29.0 Å². The molecule has 1 fully saturated rings. The average Bonchev–Trinajstić information content (AvgIpc) is 3.19. The number of rotatable bonds is 4. The molecule has 4 heterocycles. The third-order valence-electron chi connectivity index (χ3n) is 4.57. The Labute approximate surface area is 137 Å². The van der Waals surface area contributed by atoms with Gasteiger partial charge in [0, 0.05) is 30.4 Å². The van der Waals surface area contributed by atoms with Gasteiger partial charge in [0.2, 0.25) is 0 Å². The molecule has 0 unspecified atom stereocenters. The minimum Gasteiger partial charge on any atom is -0.361 e. The minimum absolute atomic E-state index is 0.646. The number of aromatic nitrogens is 5. The predicted molar refractivity (Wildman–Crippen MR) is 89.1 cm³/mol. The molecule has 3 aromatic heterocycles. The van der Waals surface area contributed by atoms with Gasteiger partial charge in [0.15, 0.2) is 10.8 Å². The Bertz CT molecular complexity index is 827. The fraction of sp³-hybridized carbons (Fsp3) is 0.467. The lowest BCUT2D eigenvalue weighted by atomic mass is 10.0. The van der Waals surface area contributed by atoms with Crippen LogP contribution in [-0.4, -0.2) is 44.4 Å². The molecule has 0 saturated carbocycles. The molecule has 0 amide bonds. The molecule has 0 spiro atoms. The second-order valence-corrected chi connectivity index (χ2v) is 7.30. The highest BCUT2D eigenvalue weighted by molar-refractivity contribution is 7.15. The molecule has 0 radical (unpaired) electrons. The van der Waals surface area contributed by atoms with E-state index in [0.717, 1.165) is 42.7 Å². The second-order valence-electron chi connectivity index (χ2n) is 6.22. The van der Waals surface area contributed by atoms with Crippen molar-refractivity contribution in [3.8, 4) is 0 Å². The third-order valence-corrected chi connectivity index (χ3v) is 5.68. The highest BCUT2D eigenvalue weighted by Crippen LogP contribution is 2.31. The molecule has 1 aliphatic heterocycles. The molecule has 118 valence electrons. The van der Waals surface area contributed by atoms with Crippen LogP contribution in [0.2, 0.25) is 0 Å². The zero-order chi connectivity index (χ0) is 15.2. The van der Waals surface area contributed by atoms with Gasteiger partial charge in [0.1, 0.15) is 12.1 Å². The van der Waals surface area contributed by atoms with Crippen molar-refractivity contribution < 1.29 is 0 Å². The van der Waals surface area contributed by atoms with E-state index in [2.05, 4.69) is 25.5 Å². The van der Waals surface area contributed by atoms with Crippen LogP contribution in [0.5, 0.6) is 0 Å². The lowest BCUT2D eigenvalue weighted by Crippen LogP contribution is -2.50. The molecule has 0 aromatic carbocycles. The molecule has 3 aromatic rings. The summed E-state index contributed by atoms with van der Waals surface area (Å²) in [6, 6.07) is 3.97. The van der Waals surface area contributed by atoms with E-state index in [1.165, 1.54) is 23.4 Å². The summed E-state index contributed by atoms with van der Waals surface area (Å²) in [4.78, 5) is 8.46. The van der Waals surface area contributed by atoms with Crippen LogP contribution in [-0.2, 0) is 12.8 Å². The van der Waals surface area contributed by atoms with Crippen molar-refractivity contribution in [2.75, 3.05) is 29.9 Å². The number of anilines is 2. The first-order valence-corrected chi connectivity index (χ1v) is 8.81. The number of thiazole rings is 1. The zero-order valence-corrected chi connectivity index (χ0v) is 13.5. The van der Waals surface area contributed by atoms with Crippen LogP contribution in [0.3, 0.4) is 0 Å². The maximum atomic E-state index is 4.69. The molecular weight excluding hydrogens is 310 g/mol. The lowest BCUT2D eigenvalue weighted by molar-refractivity contribution is 0.425. The van der Waals surface area contributed by atoms with E-state index < -0.39 is 0 Å². The van der Waals surface area contributed by atoms with Gasteiger partial charge < -0.3 is 10.2 Å². The Morgan fingerprint density at radius 3 is 3.13 bits per heavy atom. The van der Waals surface area contributed by atoms with Crippen LogP contribution in [0.4, 0.5) is 10.9 Å². The van der Waals surface area contributed by atoms with Gasteiger partial charge in [-0.05, 0) is 31.4 Å². The van der Waals surface area contributed by atoms with Crippen LogP contribution in [0.25, 0.3) is 5.65 Å². The number of aryl methyl sites for hydroxylation is 2. The summed E-state index contributed by atoms with van der Waals surface area (Å²) in [5, 5.41) is 17.0. The Hall–Kier alpha value is -2.22. The summed E-state index contributed by atoms with van der Waals surface area (Å²) in [5.74, 6) is 1.63. The van der Waals surface area contributed by atoms with Crippen molar-refractivity contribution in [1.29, 1.82) is 0 Å². The molecule has 7 nitrogen and oxygen atoms in total. The molecule has 2 aliphatic rings. The first-order valence-electron chi connectivity index (χ1n) is 7.99. The molecule has 8 heteroatoms. The molecule has 23 heavy (non-hydrogen) atoms. The van der Waals surface area contributed by atoms with Crippen molar-refractivity contribution in [2.45, 2.75) is 19.3 Å². The van der Waals surface area contributed by atoms with Crippen LogP contribution >= 0.6 is 11.3 Å². The highest BCUT2D eigenvalue weighted by Gasteiger charge is 2.28. The number of hydrogen-bond donors (Lipinski definition) is 1. The molecule has 1 N–H and O–H groups in total.